The number of halogens is 1. The second-order valence-corrected chi connectivity index (χ2v) is 7.33. The van der Waals surface area contributed by atoms with Crippen LogP contribution >= 0.6 is 22.9 Å². The second-order valence-electron chi connectivity index (χ2n) is 5.53. The van der Waals surface area contributed by atoms with Gasteiger partial charge in [-0.1, -0.05) is 31.4 Å². The van der Waals surface area contributed by atoms with Gasteiger partial charge in [0.15, 0.2) is 0 Å². The summed E-state index contributed by atoms with van der Waals surface area (Å²) in [5.74, 6) is 1.73. The van der Waals surface area contributed by atoms with Crippen molar-refractivity contribution in [1.29, 1.82) is 0 Å². The standard InChI is InChI=1S/C15H24ClNS/c1-3-4-11-5-7-14(17-2)12(9-11)10-13-6-8-15(16)18-13/h6,8,11-12,14,17H,3-5,7,9-10H2,1-2H3. The lowest BCUT2D eigenvalue weighted by atomic mass is 9.75. The average molecular weight is 286 g/mol. The first kappa shape index (κ1) is 14.4. The summed E-state index contributed by atoms with van der Waals surface area (Å²) in [6.07, 6.45) is 8.05. The Balaban J connectivity index is 1.97. The van der Waals surface area contributed by atoms with E-state index in [1.807, 2.05) is 6.07 Å². The van der Waals surface area contributed by atoms with Crippen LogP contribution in [-0.2, 0) is 6.42 Å². The van der Waals surface area contributed by atoms with Crippen LogP contribution in [0.1, 0.15) is 43.9 Å². The summed E-state index contributed by atoms with van der Waals surface area (Å²) in [6, 6.07) is 4.92. The maximum absolute atomic E-state index is 6.03. The lowest BCUT2D eigenvalue weighted by Crippen LogP contribution is -2.39. The van der Waals surface area contributed by atoms with Crippen LogP contribution in [0, 0.1) is 11.8 Å². The van der Waals surface area contributed by atoms with E-state index in [1.165, 1.54) is 43.4 Å². The van der Waals surface area contributed by atoms with E-state index in [0.29, 0.717) is 6.04 Å². The van der Waals surface area contributed by atoms with Crippen LogP contribution in [0.2, 0.25) is 4.34 Å². The first-order valence-corrected chi connectivity index (χ1v) is 8.33. The maximum atomic E-state index is 6.03. The van der Waals surface area contributed by atoms with Crippen LogP contribution in [-0.4, -0.2) is 13.1 Å². The quantitative estimate of drug-likeness (QED) is 0.823. The minimum absolute atomic E-state index is 0.694. The third-order valence-corrected chi connectivity index (χ3v) is 5.50. The van der Waals surface area contributed by atoms with Crippen LogP contribution in [0.5, 0.6) is 0 Å². The molecule has 1 N–H and O–H groups in total. The van der Waals surface area contributed by atoms with Crippen LogP contribution in [0.15, 0.2) is 12.1 Å². The van der Waals surface area contributed by atoms with Gasteiger partial charge in [-0.15, -0.1) is 11.3 Å². The zero-order valence-corrected chi connectivity index (χ0v) is 13.0. The van der Waals surface area contributed by atoms with Crippen LogP contribution < -0.4 is 5.32 Å². The SMILES string of the molecule is CCCC1CCC(NC)C(Cc2ccc(Cl)s2)C1. The van der Waals surface area contributed by atoms with Gasteiger partial charge in [-0.2, -0.15) is 0 Å². The first-order chi connectivity index (χ1) is 8.72. The highest BCUT2D eigenvalue weighted by Crippen LogP contribution is 2.35. The van der Waals surface area contributed by atoms with E-state index in [2.05, 4.69) is 25.4 Å². The largest absolute Gasteiger partial charge is 0.317 e. The monoisotopic (exact) mass is 285 g/mol. The molecule has 102 valence electrons. The van der Waals surface area contributed by atoms with Gasteiger partial charge < -0.3 is 5.32 Å². The molecule has 1 saturated carbocycles. The Morgan fingerprint density at radius 1 is 1.39 bits per heavy atom. The predicted octanol–water partition coefficient (Wildman–Crippen LogP) is 4.75. The van der Waals surface area contributed by atoms with Gasteiger partial charge in [-0.3, -0.25) is 0 Å². The van der Waals surface area contributed by atoms with Crippen LogP contribution in [0.25, 0.3) is 0 Å². The molecule has 1 nitrogen and oxygen atoms in total. The molecule has 3 heteroatoms. The summed E-state index contributed by atoms with van der Waals surface area (Å²) in [5.41, 5.74) is 0. The van der Waals surface area contributed by atoms with Crippen molar-refractivity contribution < 1.29 is 0 Å². The highest BCUT2D eigenvalue weighted by molar-refractivity contribution is 7.16. The van der Waals surface area contributed by atoms with Crippen molar-refractivity contribution in [1.82, 2.24) is 5.32 Å². The predicted molar refractivity (Wildman–Crippen MR) is 81.6 cm³/mol. The van der Waals surface area contributed by atoms with Crippen molar-refractivity contribution in [3.63, 3.8) is 0 Å². The average Bonchev–Trinajstić information content (AvgIpc) is 2.76. The fraction of sp³-hybridized carbons (Fsp3) is 0.733. The molecule has 1 aliphatic rings. The van der Waals surface area contributed by atoms with E-state index < -0.39 is 0 Å². The fourth-order valence-corrected chi connectivity index (χ4v) is 4.54. The number of nitrogens with one attached hydrogen (secondary N) is 1. The summed E-state index contributed by atoms with van der Waals surface area (Å²) in [7, 11) is 2.11. The highest BCUT2D eigenvalue weighted by atomic mass is 35.5. The van der Waals surface area contributed by atoms with E-state index in [-0.39, 0.29) is 0 Å². The van der Waals surface area contributed by atoms with Gasteiger partial charge in [-0.05, 0) is 56.7 Å². The van der Waals surface area contributed by atoms with Gasteiger partial charge in [-0.25, -0.2) is 0 Å². The minimum atomic E-state index is 0.694. The van der Waals surface area contributed by atoms with Crippen LogP contribution in [0.3, 0.4) is 0 Å². The first-order valence-electron chi connectivity index (χ1n) is 7.14. The molecule has 0 aliphatic heterocycles. The van der Waals surface area contributed by atoms with E-state index in [9.17, 15) is 0 Å². The lowest BCUT2D eigenvalue weighted by molar-refractivity contribution is 0.201. The summed E-state index contributed by atoms with van der Waals surface area (Å²) >= 11 is 7.78. The minimum Gasteiger partial charge on any atom is -0.317 e. The Labute approximate surface area is 120 Å². The molecule has 1 aromatic rings. The zero-order chi connectivity index (χ0) is 13.0. The fourth-order valence-electron chi connectivity index (χ4n) is 3.36. The Morgan fingerprint density at radius 3 is 2.83 bits per heavy atom. The number of hydrogen-bond donors (Lipinski definition) is 1. The van der Waals surface area contributed by atoms with Gasteiger partial charge in [0.25, 0.3) is 0 Å². The smallest absolute Gasteiger partial charge is 0.0931 e. The lowest BCUT2D eigenvalue weighted by Gasteiger charge is -2.36. The molecule has 0 spiro atoms. The van der Waals surface area contributed by atoms with Gasteiger partial charge in [0.2, 0.25) is 0 Å². The Hall–Kier alpha value is -0.0500. The molecule has 0 radical (unpaired) electrons. The van der Waals surface area contributed by atoms with Crippen molar-refractivity contribution in [3.05, 3.63) is 21.3 Å². The molecule has 1 heterocycles. The van der Waals surface area contributed by atoms with Crippen molar-refractivity contribution >= 4 is 22.9 Å². The van der Waals surface area contributed by atoms with E-state index >= 15 is 0 Å². The van der Waals surface area contributed by atoms with Gasteiger partial charge in [0, 0.05) is 10.9 Å². The molecule has 0 bridgehead atoms. The molecule has 0 saturated heterocycles. The van der Waals surface area contributed by atoms with Gasteiger partial charge in [0.1, 0.15) is 0 Å². The summed E-state index contributed by atoms with van der Waals surface area (Å²) in [6.45, 7) is 2.30. The van der Waals surface area contributed by atoms with Crippen molar-refractivity contribution in [2.75, 3.05) is 7.05 Å². The molecule has 1 aliphatic carbocycles. The molecule has 1 fully saturated rings. The third-order valence-electron chi connectivity index (χ3n) is 4.25. The molecular formula is C15H24ClNS. The molecule has 0 aromatic carbocycles. The third kappa shape index (κ3) is 3.72. The molecular weight excluding hydrogens is 262 g/mol. The summed E-state index contributed by atoms with van der Waals surface area (Å²) < 4.78 is 0.923. The molecule has 3 atom stereocenters. The number of thiophene rings is 1. The molecule has 2 rings (SSSR count). The molecule has 0 amide bonds. The maximum Gasteiger partial charge on any atom is 0.0931 e. The molecule has 3 unspecified atom stereocenters. The van der Waals surface area contributed by atoms with Gasteiger partial charge >= 0.3 is 0 Å². The summed E-state index contributed by atoms with van der Waals surface area (Å²) in [5, 5.41) is 3.52. The molecule has 1 aromatic heterocycles. The number of rotatable bonds is 5. The van der Waals surface area contributed by atoms with Gasteiger partial charge in [0.05, 0.1) is 4.34 Å². The van der Waals surface area contributed by atoms with E-state index in [1.54, 1.807) is 11.3 Å². The molecule has 18 heavy (non-hydrogen) atoms. The highest BCUT2D eigenvalue weighted by Gasteiger charge is 2.29. The number of hydrogen-bond acceptors (Lipinski definition) is 2. The Bertz CT molecular complexity index is 363. The van der Waals surface area contributed by atoms with Crippen molar-refractivity contribution in [2.24, 2.45) is 11.8 Å². The second kappa shape index (κ2) is 6.93. The van der Waals surface area contributed by atoms with E-state index in [4.69, 9.17) is 11.6 Å². The Kier molecular flexibility index (Phi) is 5.53. The normalized spacial score (nSPS) is 28.5. The Morgan fingerprint density at radius 2 is 2.22 bits per heavy atom. The summed E-state index contributed by atoms with van der Waals surface area (Å²) in [4.78, 5) is 1.45. The van der Waals surface area contributed by atoms with Crippen molar-refractivity contribution in [2.45, 2.75) is 51.5 Å². The van der Waals surface area contributed by atoms with Crippen molar-refractivity contribution in [3.8, 4) is 0 Å². The van der Waals surface area contributed by atoms with E-state index in [0.717, 1.165) is 16.2 Å². The topological polar surface area (TPSA) is 12.0 Å². The van der Waals surface area contributed by atoms with Crippen LogP contribution in [0.4, 0.5) is 0 Å². The zero-order valence-electron chi connectivity index (χ0n) is 11.4.